The van der Waals surface area contributed by atoms with Crippen molar-refractivity contribution in [3.8, 4) is 0 Å². The first-order valence-corrected chi connectivity index (χ1v) is 3.41. The molecule has 1 heterocycles. The second-order valence-electron chi connectivity index (χ2n) is 2.53. The molecule has 0 aliphatic rings. The highest BCUT2D eigenvalue weighted by Crippen LogP contribution is 2.03. The Kier molecular flexibility index (Phi) is 2.25. The van der Waals surface area contributed by atoms with Crippen molar-refractivity contribution in [2.75, 3.05) is 5.32 Å². The Labute approximate surface area is 64.6 Å². The van der Waals surface area contributed by atoms with Gasteiger partial charge in [0.15, 0.2) is 5.82 Å². The first-order chi connectivity index (χ1) is 5.20. The molecular weight excluding hydrogens is 144 g/mol. The van der Waals surface area contributed by atoms with E-state index in [1.54, 1.807) is 6.07 Å². The van der Waals surface area contributed by atoms with Crippen molar-refractivity contribution in [1.82, 2.24) is 5.16 Å². The van der Waals surface area contributed by atoms with E-state index in [1.807, 2.05) is 13.8 Å². The summed E-state index contributed by atoms with van der Waals surface area (Å²) >= 11 is 0. The number of aromatic nitrogens is 1. The van der Waals surface area contributed by atoms with E-state index in [9.17, 15) is 4.79 Å². The van der Waals surface area contributed by atoms with Gasteiger partial charge in [-0.15, -0.1) is 0 Å². The lowest BCUT2D eigenvalue weighted by Gasteiger charge is -2.02. The van der Waals surface area contributed by atoms with Crippen molar-refractivity contribution in [2.45, 2.75) is 13.8 Å². The van der Waals surface area contributed by atoms with Gasteiger partial charge in [0, 0.05) is 12.0 Å². The molecular formula is C7H10N2O2. The third kappa shape index (κ3) is 2.07. The average Bonchev–Trinajstić information content (AvgIpc) is 2.39. The summed E-state index contributed by atoms with van der Waals surface area (Å²) in [5, 5.41) is 6.11. The van der Waals surface area contributed by atoms with E-state index >= 15 is 0 Å². The van der Waals surface area contributed by atoms with Gasteiger partial charge in [-0.2, -0.15) is 0 Å². The zero-order chi connectivity index (χ0) is 8.27. The molecule has 1 aromatic rings. The van der Waals surface area contributed by atoms with E-state index in [0.717, 1.165) is 0 Å². The van der Waals surface area contributed by atoms with Crippen LogP contribution in [0, 0.1) is 5.92 Å². The number of carbonyl (C=O) groups excluding carboxylic acids is 1. The zero-order valence-electron chi connectivity index (χ0n) is 6.50. The van der Waals surface area contributed by atoms with E-state index < -0.39 is 0 Å². The maximum atomic E-state index is 11.0. The molecule has 60 valence electrons. The van der Waals surface area contributed by atoms with E-state index in [4.69, 9.17) is 0 Å². The molecule has 0 radical (unpaired) electrons. The first kappa shape index (κ1) is 7.78. The molecule has 0 bridgehead atoms. The first-order valence-electron chi connectivity index (χ1n) is 3.41. The molecule has 0 unspecified atom stereocenters. The number of hydrogen-bond acceptors (Lipinski definition) is 3. The minimum Gasteiger partial charge on any atom is -0.363 e. The fraction of sp³-hybridized carbons (Fsp3) is 0.429. The van der Waals surface area contributed by atoms with Gasteiger partial charge in [0.1, 0.15) is 6.26 Å². The van der Waals surface area contributed by atoms with Crippen molar-refractivity contribution in [3.05, 3.63) is 12.3 Å². The summed E-state index contributed by atoms with van der Waals surface area (Å²) < 4.78 is 4.53. The smallest absolute Gasteiger partial charge is 0.228 e. The van der Waals surface area contributed by atoms with Gasteiger partial charge >= 0.3 is 0 Å². The van der Waals surface area contributed by atoms with Crippen molar-refractivity contribution >= 4 is 11.7 Å². The fourth-order valence-corrected chi connectivity index (χ4v) is 0.548. The van der Waals surface area contributed by atoms with E-state index in [-0.39, 0.29) is 11.8 Å². The maximum Gasteiger partial charge on any atom is 0.228 e. The van der Waals surface area contributed by atoms with Gasteiger partial charge in [0.25, 0.3) is 0 Å². The van der Waals surface area contributed by atoms with Crippen LogP contribution in [0.2, 0.25) is 0 Å². The molecule has 1 amide bonds. The van der Waals surface area contributed by atoms with Gasteiger partial charge < -0.3 is 9.84 Å². The van der Waals surface area contributed by atoms with E-state index in [1.165, 1.54) is 6.26 Å². The summed E-state index contributed by atoms with van der Waals surface area (Å²) in [5.74, 6) is 0.370. The van der Waals surface area contributed by atoms with Crippen LogP contribution >= 0.6 is 0 Å². The summed E-state index contributed by atoms with van der Waals surface area (Å²) in [6.07, 6.45) is 1.41. The Balaban J connectivity index is 2.50. The minimum absolute atomic E-state index is 0.0355. The molecule has 0 atom stereocenters. The number of carbonyl (C=O) groups is 1. The average molecular weight is 154 g/mol. The maximum absolute atomic E-state index is 11.0. The van der Waals surface area contributed by atoms with Crippen LogP contribution in [-0.2, 0) is 4.79 Å². The normalized spacial score (nSPS) is 10.1. The summed E-state index contributed by atoms with van der Waals surface area (Å²) in [4.78, 5) is 11.0. The number of amides is 1. The van der Waals surface area contributed by atoms with Gasteiger partial charge in [-0.25, -0.2) is 0 Å². The summed E-state index contributed by atoms with van der Waals surface area (Å²) in [5.41, 5.74) is 0. The quantitative estimate of drug-likeness (QED) is 0.697. The van der Waals surface area contributed by atoms with Crippen LogP contribution in [-0.4, -0.2) is 11.1 Å². The molecule has 11 heavy (non-hydrogen) atoms. The number of anilines is 1. The predicted molar refractivity (Wildman–Crippen MR) is 40.0 cm³/mol. The molecule has 1 aromatic heterocycles. The number of nitrogens with zero attached hydrogens (tertiary/aromatic N) is 1. The molecule has 1 N–H and O–H groups in total. The summed E-state index contributed by atoms with van der Waals surface area (Å²) in [6, 6.07) is 1.60. The van der Waals surface area contributed by atoms with E-state index in [2.05, 4.69) is 15.0 Å². The SMILES string of the molecule is CC(C)C(=O)Nc1ccon1. The second kappa shape index (κ2) is 3.18. The molecule has 4 heteroatoms. The Morgan fingerprint density at radius 2 is 2.45 bits per heavy atom. The Morgan fingerprint density at radius 1 is 1.73 bits per heavy atom. The van der Waals surface area contributed by atoms with Gasteiger partial charge in [0.2, 0.25) is 5.91 Å². The highest BCUT2D eigenvalue weighted by molar-refractivity contribution is 5.90. The van der Waals surface area contributed by atoms with Crippen LogP contribution < -0.4 is 5.32 Å². The van der Waals surface area contributed by atoms with Crippen LogP contribution in [0.4, 0.5) is 5.82 Å². The highest BCUT2D eigenvalue weighted by Gasteiger charge is 2.07. The zero-order valence-corrected chi connectivity index (χ0v) is 6.50. The molecule has 0 spiro atoms. The lowest BCUT2D eigenvalue weighted by molar-refractivity contribution is -0.118. The number of rotatable bonds is 2. The largest absolute Gasteiger partial charge is 0.363 e. The van der Waals surface area contributed by atoms with E-state index in [0.29, 0.717) is 5.82 Å². The molecule has 0 fully saturated rings. The molecule has 0 aromatic carbocycles. The molecule has 0 saturated heterocycles. The van der Waals surface area contributed by atoms with Crippen LogP contribution in [0.5, 0.6) is 0 Å². The molecule has 0 saturated carbocycles. The molecule has 0 aliphatic heterocycles. The number of hydrogen-bond donors (Lipinski definition) is 1. The van der Waals surface area contributed by atoms with Crippen molar-refractivity contribution in [3.63, 3.8) is 0 Å². The van der Waals surface area contributed by atoms with Crippen LogP contribution in [0.1, 0.15) is 13.8 Å². The Morgan fingerprint density at radius 3 is 2.91 bits per heavy atom. The van der Waals surface area contributed by atoms with Crippen LogP contribution in [0.15, 0.2) is 16.9 Å². The topological polar surface area (TPSA) is 55.1 Å². The third-order valence-corrected chi connectivity index (χ3v) is 1.21. The van der Waals surface area contributed by atoms with Gasteiger partial charge in [-0.3, -0.25) is 4.79 Å². The number of nitrogens with one attached hydrogen (secondary N) is 1. The van der Waals surface area contributed by atoms with Gasteiger partial charge in [-0.1, -0.05) is 19.0 Å². The van der Waals surface area contributed by atoms with Crippen LogP contribution in [0.3, 0.4) is 0 Å². The monoisotopic (exact) mass is 154 g/mol. The lowest BCUT2D eigenvalue weighted by Crippen LogP contribution is -2.17. The standard InChI is InChI=1S/C7H10N2O2/c1-5(2)7(10)8-6-3-4-11-9-6/h3-5H,1-2H3,(H,8,9,10). The minimum atomic E-state index is -0.0566. The molecule has 1 rings (SSSR count). The summed E-state index contributed by atoms with van der Waals surface area (Å²) in [6.45, 7) is 3.63. The van der Waals surface area contributed by atoms with Gasteiger partial charge in [0.05, 0.1) is 0 Å². The Hall–Kier alpha value is -1.32. The van der Waals surface area contributed by atoms with Crippen LogP contribution in [0.25, 0.3) is 0 Å². The molecule has 0 aliphatic carbocycles. The van der Waals surface area contributed by atoms with Crippen molar-refractivity contribution < 1.29 is 9.32 Å². The fourth-order valence-electron chi connectivity index (χ4n) is 0.548. The summed E-state index contributed by atoms with van der Waals surface area (Å²) in [7, 11) is 0. The van der Waals surface area contributed by atoms with Crippen molar-refractivity contribution in [2.24, 2.45) is 5.92 Å². The second-order valence-corrected chi connectivity index (χ2v) is 2.53. The lowest BCUT2D eigenvalue weighted by atomic mass is 10.2. The highest BCUT2D eigenvalue weighted by atomic mass is 16.5. The van der Waals surface area contributed by atoms with Gasteiger partial charge in [-0.05, 0) is 0 Å². The van der Waals surface area contributed by atoms with Crippen molar-refractivity contribution in [1.29, 1.82) is 0 Å². The molecule has 4 nitrogen and oxygen atoms in total. The Bertz CT molecular complexity index is 229. The predicted octanol–water partition coefficient (Wildman–Crippen LogP) is 1.27. The third-order valence-electron chi connectivity index (χ3n) is 1.21.